The Hall–Kier alpha value is -1.92. The molecule has 0 saturated carbocycles. The molecule has 4 rings (SSSR count). The van der Waals surface area contributed by atoms with Crippen molar-refractivity contribution in [1.29, 1.82) is 0 Å². The molecule has 4 aliphatic rings. The molecule has 0 bridgehead atoms. The summed E-state index contributed by atoms with van der Waals surface area (Å²) in [5.41, 5.74) is 0. The van der Waals surface area contributed by atoms with Crippen LogP contribution in [0.1, 0.15) is 32.6 Å². The monoisotopic (exact) mass is 405 g/mol. The van der Waals surface area contributed by atoms with Gasteiger partial charge in [0.2, 0.25) is 5.91 Å². The van der Waals surface area contributed by atoms with Crippen molar-refractivity contribution in [3.05, 3.63) is 0 Å². The van der Waals surface area contributed by atoms with Crippen LogP contribution in [0, 0.1) is 5.92 Å². The van der Waals surface area contributed by atoms with Crippen LogP contribution in [0.15, 0.2) is 0 Å². The van der Waals surface area contributed by atoms with Gasteiger partial charge in [0, 0.05) is 37.6 Å². The number of nitrogens with one attached hydrogen (secondary N) is 4. The molecule has 3 amide bonds. The van der Waals surface area contributed by atoms with Crippen molar-refractivity contribution in [2.75, 3.05) is 6.54 Å². The van der Waals surface area contributed by atoms with Gasteiger partial charge in [0.25, 0.3) is 0 Å². The highest BCUT2D eigenvalue weighted by molar-refractivity contribution is 7.80. The Balaban J connectivity index is 1.49. The number of urea groups is 1. The van der Waals surface area contributed by atoms with Gasteiger partial charge < -0.3 is 5.32 Å². The van der Waals surface area contributed by atoms with E-state index in [-0.39, 0.29) is 42.4 Å². The van der Waals surface area contributed by atoms with E-state index in [1.54, 1.807) is 0 Å². The Bertz CT molecular complexity index is 783. The fourth-order valence-corrected chi connectivity index (χ4v) is 5.37. The van der Waals surface area contributed by atoms with Crippen LogP contribution < -0.4 is 21.3 Å². The largest absolute Gasteiger partial charge is 0.397 e. The second-order valence-corrected chi connectivity index (χ2v) is 8.80. The first-order valence-electron chi connectivity index (χ1n) is 9.11. The van der Waals surface area contributed by atoms with Gasteiger partial charge in [-0.3, -0.25) is 29.9 Å². The normalized spacial score (nSPS) is 38.4. The van der Waals surface area contributed by atoms with E-state index in [9.17, 15) is 18.0 Å². The molecule has 12 heteroatoms. The van der Waals surface area contributed by atoms with E-state index in [0.29, 0.717) is 25.8 Å². The van der Waals surface area contributed by atoms with Crippen molar-refractivity contribution in [3.8, 4) is 0 Å². The number of piperidine rings is 1. The molecular weight excluding hydrogens is 381 g/mol. The highest BCUT2D eigenvalue weighted by Gasteiger charge is 2.51. The molecule has 11 nitrogen and oxygen atoms in total. The standard InChI is InChI=1S/C15H23N5O6S/c1-7-11-6-16-14-17-8(2-9-4-13(21)19-15(22)18-9)3-10(20(11)14)5-12(7)26-27(23,24)25/h7-12H,2-6H2,1H3,(H4,16,17,18,19,21,22,23,24,25)/p+1/i6+1,11+1,16+1. The second-order valence-electron chi connectivity index (χ2n) is 7.75. The van der Waals surface area contributed by atoms with Gasteiger partial charge in [-0.15, -0.1) is 0 Å². The summed E-state index contributed by atoms with van der Waals surface area (Å²) in [5.74, 6) is 0.527. The Morgan fingerprint density at radius 2 is 2.00 bits per heavy atom. The average molecular weight is 405 g/mol. The van der Waals surface area contributed by atoms with Gasteiger partial charge in [-0.2, -0.15) is 8.42 Å². The average Bonchev–Trinajstić information content (AvgIpc) is 2.94. The molecular formula is C15H24N5O6S+. The van der Waals surface area contributed by atoms with Crippen molar-refractivity contribution >= 4 is 28.3 Å². The fourth-order valence-electron chi connectivity index (χ4n) is 4.81. The van der Waals surface area contributed by atoms with Gasteiger partial charge in [-0.1, -0.05) is 6.92 Å². The number of nitrogens with zero attached hydrogens (tertiary/aromatic N) is 1. The summed E-state index contributed by atoms with van der Waals surface area (Å²) in [7, 11) is -4.51. The van der Waals surface area contributed by atoms with E-state index >= 15 is 0 Å². The van der Waals surface area contributed by atoms with Gasteiger partial charge in [0.15, 0.2) is 0 Å². The van der Waals surface area contributed by atoms with Crippen LogP contribution in [0.2, 0.25) is 0 Å². The minimum absolute atomic E-state index is 0.0171. The van der Waals surface area contributed by atoms with Crippen LogP contribution in [-0.2, 0) is 19.4 Å². The summed E-state index contributed by atoms with van der Waals surface area (Å²) < 4.78 is 38.7. The van der Waals surface area contributed by atoms with E-state index in [1.165, 1.54) is 0 Å². The van der Waals surface area contributed by atoms with E-state index in [4.69, 9.17) is 8.74 Å². The van der Waals surface area contributed by atoms with Crippen molar-refractivity contribution in [2.24, 2.45) is 5.92 Å². The third kappa shape index (κ3) is 3.73. The molecule has 2 fully saturated rings. The molecule has 27 heavy (non-hydrogen) atoms. The molecule has 4 aliphatic heterocycles. The maximum absolute atomic E-state index is 11.6. The molecule has 6 atom stereocenters. The third-order valence-corrected chi connectivity index (χ3v) is 6.41. The molecule has 0 aromatic carbocycles. The molecule has 0 spiro atoms. The first-order valence-corrected chi connectivity index (χ1v) is 10.5. The lowest BCUT2D eigenvalue weighted by Crippen LogP contribution is -2.60. The Labute approximate surface area is 156 Å². The number of carbonyl (C=O) groups is 2. The number of hydrogen-bond acceptors (Lipinski definition) is 7. The lowest BCUT2D eigenvalue weighted by Gasteiger charge is -2.41. The summed E-state index contributed by atoms with van der Waals surface area (Å²) in [4.78, 5) is 23.1. The summed E-state index contributed by atoms with van der Waals surface area (Å²) in [6.07, 6.45) is 1.41. The molecule has 0 aromatic rings. The van der Waals surface area contributed by atoms with Gasteiger partial charge in [-0.25, -0.2) is 8.98 Å². The van der Waals surface area contributed by atoms with Crippen molar-refractivity contribution in [2.45, 2.75) is 62.9 Å². The summed E-state index contributed by atoms with van der Waals surface area (Å²) in [5, 5.41) is 11.8. The fraction of sp³-hybridized carbons (Fsp3) is 0.800. The quantitative estimate of drug-likeness (QED) is 0.160. The predicted octanol–water partition coefficient (Wildman–Crippen LogP) is -1.73. The smallest absolute Gasteiger partial charge is 0.334 e. The van der Waals surface area contributed by atoms with E-state index in [1.807, 2.05) is 6.92 Å². The highest BCUT2D eigenvalue weighted by atomic mass is 32.3. The zero-order valence-electron chi connectivity index (χ0n) is 14.8. The van der Waals surface area contributed by atoms with Crippen LogP contribution in [0.3, 0.4) is 0 Å². The first kappa shape index (κ1) is 18.4. The zero-order valence-corrected chi connectivity index (χ0v) is 15.7. The molecule has 0 aromatic heterocycles. The molecule has 4 heterocycles. The van der Waals surface area contributed by atoms with Crippen molar-refractivity contribution in [1.82, 2.24) is 21.3 Å². The lowest BCUT2D eigenvalue weighted by molar-refractivity contribution is -0.620. The molecule has 150 valence electrons. The van der Waals surface area contributed by atoms with Gasteiger partial charge in [-0.05, 0) is 0 Å². The van der Waals surface area contributed by atoms with Crippen molar-refractivity contribution in [3.63, 3.8) is 0 Å². The molecule has 2 saturated heterocycles. The zero-order chi connectivity index (χ0) is 19.3. The number of carbonyl (C=O) groups excluding carboxylic acids is 2. The minimum atomic E-state index is -4.51. The van der Waals surface area contributed by atoms with E-state index < -0.39 is 22.5 Å². The third-order valence-electron chi connectivity index (χ3n) is 5.92. The van der Waals surface area contributed by atoms with E-state index in [2.05, 4.69) is 25.8 Å². The van der Waals surface area contributed by atoms with Crippen LogP contribution in [-0.4, -0.2) is 72.3 Å². The Kier molecular flexibility index (Phi) is 4.51. The Morgan fingerprint density at radius 1 is 1.22 bits per heavy atom. The molecule has 5 N–H and O–H groups in total. The number of hydrogen-bond donors (Lipinski definition) is 5. The molecule has 0 aliphatic carbocycles. The van der Waals surface area contributed by atoms with Gasteiger partial charge >= 0.3 is 22.4 Å². The van der Waals surface area contributed by atoms with Crippen LogP contribution in [0.4, 0.5) is 4.79 Å². The molecule has 0 radical (unpaired) electrons. The van der Waals surface area contributed by atoms with Crippen LogP contribution >= 0.6 is 0 Å². The van der Waals surface area contributed by atoms with E-state index in [0.717, 1.165) is 5.96 Å². The second kappa shape index (κ2) is 6.60. The number of guanidine groups is 1. The summed E-state index contributed by atoms with van der Waals surface area (Å²) in [6, 6.07) is -0.598. The first-order chi connectivity index (χ1) is 12.7. The van der Waals surface area contributed by atoms with Crippen LogP contribution in [0.25, 0.3) is 0 Å². The van der Waals surface area contributed by atoms with Crippen molar-refractivity contribution < 1.29 is 31.3 Å². The van der Waals surface area contributed by atoms with Crippen LogP contribution in [0.5, 0.6) is 0 Å². The number of rotatable bonds is 4. The Morgan fingerprint density at radius 3 is 2.70 bits per heavy atom. The van der Waals surface area contributed by atoms with Gasteiger partial charge in [0.05, 0.1) is 24.7 Å². The lowest BCUT2D eigenvalue weighted by atomic mass is 9.89. The summed E-state index contributed by atoms with van der Waals surface area (Å²) >= 11 is 0. The topological polar surface area (TPSA) is 149 Å². The molecule has 6 unspecified atom stereocenters. The predicted molar refractivity (Wildman–Crippen MR) is 92.3 cm³/mol. The van der Waals surface area contributed by atoms with Gasteiger partial charge in [0.1, 0.15) is 6.04 Å². The highest BCUT2D eigenvalue weighted by Crippen LogP contribution is 2.34. The number of amides is 3. The maximum Gasteiger partial charge on any atom is 0.397 e. The number of imide groups is 1. The minimum Gasteiger partial charge on any atom is -0.334 e. The summed E-state index contributed by atoms with van der Waals surface area (Å²) in [6.45, 7) is 2.57. The SMILES string of the molecule is CC1C(OS(=O)(=O)O)CC2CC(CC3CC(=O)NC(=O)N3)NC3=[N+]2[13CH]1[13CH2][15NH]3. The maximum atomic E-state index is 11.6.